The van der Waals surface area contributed by atoms with Gasteiger partial charge < -0.3 is 14.2 Å². The number of benzene rings is 6. The molecule has 1 aromatic heterocycles. The summed E-state index contributed by atoms with van der Waals surface area (Å²) in [6.07, 6.45) is 4.62. The third-order valence-corrected chi connectivity index (χ3v) is 16.9. The van der Waals surface area contributed by atoms with Gasteiger partial charge in [-0.25, -0.2) is 0 Å². The highest BCUT2D eigenvalue weighted by Gasteiger charge is 2.50. The van der Waals surface area contributed by atoms with Crippen molar-refractivity contribution in [1.29, 1.82) is 0 Å². The smallest absolute Gasteiger partial charge is 0.297 e. The lowest BCUT2D eigenvalue weighted by Gasteiger charge is -2.46. The average molecular weight is 883 g/mol. The molecule has 0 atom stereocenters. The molecule has 0 saturated carbocycles. The Balaban J connectivity index is 1.30. The van der Waals surface area contributed by atoms with Crippen LogP contribution < -0.4 is 26.4 Å². The Morgan fingerprint density at radius 2 is 1.03 bits per heavy atom. The molecule has 2 aliphatic heterocycles. The van der Waals surface area contributed by atoms with Crippen LogP contribution in [0.5, 0.6) is 0 Å². The van der Waals surface area contributed by atoms with Gasteiger partial charge in [-0.3, -0.25) is 0 Å². The quantitative estimate of drug-likeness (QED) is 0.165. The normalized spacial score (nSPS) is 18.5. The summed E-state index contributed by atoms with van der Waals surface area (Å²) in [5.74, 6) is 0. The Kier molecular flexibility index (Phi) is 9.39. The van der Waals surface area contributed by atoms with Crippen molar-refractivity contribution in [2.45, 2.75) is 162 Å². The van der Waals surface area contributed by atoms with Crippen molar-refractivity contribution in [3.8, 4) is 11.1 Å². The molecule has 0 bridgehead atoms. The van der Waals surface area contributed by atoms with E-state index in [2.05, 4.69) is 223 Å². The molecule has 3 heterocycles. The maximum Gasteiger partial charge on any atom is 0.297 e. The second-order valence-electron chi connectivity index (χ2n) is 25.7. The minimum atomic E-state index is -0.123. The highest BCUT2D eigenvalue weighted by Crippen LogP contribution is 2.54. The minimum Gasteiger partial charge on any atom is -0.468 e. The van der Waals surface area contributed by atoms with Gasteiger partial charge in [0.1, 0.15) is 5.58 Å². The van der Waals surface area contributed by atoms with Gasteiger partial charge in [0.15, 0.2) is 0 Å². The molecular formula is C63H71BN2O. The number of fused-ring (bicyclic) bond motifs is 8. The number of anilines is 6. The molecular weight excluding hydrogens is 812 g/mol. The molecule has 3 nitrogen and oxygen atoms in total. The number of furan rings is 1. The Morgan fingerprint density at radius 1 is 0.507 bits per heavy atom. The average Bonchev–Trinajstić information content (AvgIpc) is 3.64. The lowest BCUT2D eigenvalue weighted by molar-refractivity contribution is 0.332. The van der Waals surface area contributed by atoms with Crippen LogP contribution in [-0.4, -0.2) is 6.71 Å². The van der Waals surface area contributed by atoms with E-state index in [-0.39, 0.29) is 39.2 Å². The van der Waals surface area contributed by atoms with Crippen LogP contribution in [0.2, 0.25) is 0 Å². The number of hydrogen-bond acceptors (Lipinski definition) is 3. The van der Waals surface area contributed by atoms with Gasteiger partial charge >= 0.3 is 0 Å². The van der Waals surface area contributed by atoms with Crippen molar-refractivity contribution in [1.82, 2.24) is 0 Å². The zero-order valence-electron chi connectivity index (χ0n) is 43.1. The van der Waals surface area contributed by atoms with Crippen LogP contribution in [-0.2, 0) is 32.5 Å². The van der Waals surface area contributed by atoms with Crippen LogP contribution in [0.1, 0.15) is 162 Å². The Labute approximate surface area is 402 Å². The number of aryl methyl sites for hydroxylation is 1. The summed E-state index contributed by atoms with van der Waals surface area (Å²) < 4.78 is 7.70. The fourth-order valence-electron chi connectivity index (χ4n) is 12.4. The van der Waals surface area contributed by atoms with E-state index in [0.717, 1.165) is 36.9 Å². The second kappa shape index (κ2) is 14.3. The van der Waals surface area contributed by atoms with Gasteiger partial charge in [0.05, 0.1) is 17.0 Å². The molecule has 7 aromatic rings. The molecule has 0 saturated heterocycles. The van der Waals surface area contributed by atoms with Crippen LogP contribution in [0.15, 0.2) is 114 Å². The lowest BCUT2D eigenvalue weighted by Crippen LogP contribution is -2.61. The standard InChI is InChI=1S/C63H71BN2O/c1-38-31-52-55-53(32-38)66(50-26-23-41(59(5,6)7)33-43(50)39-19-17-16-18-20-39)56-44-34-45-48(63(14,15)30-27-60(45,8)9)37-54(44)67-57(56)64(55)49-35-46-47(62(12,13)29-28-61(46,10)11)36-51(49)65(52)42-24-21-40(22-25-42)58(2,3)4/h16-26,31-37H,27-30H2,1-15H3. The maximum absolute atomic E-state index is 7.70. The summed E-state index contributed by atoms with van der Waals surface area (Å²) in [5, 5.41) is 1.20. The molecule has 0 N–H and O–H groups in total. The highest BCUT2D eigenvalue weighted by atomic mass is 16.3. The topological polar surface area (TPSA) is 19.6 Å². The summed E-state index contributed by atoms with van der Waals surface area (Å²) in [6, 6.07) is 42.9. The predicted molar refractivity (Wildman–Crippen MR) is 288 cm³/mol. The Morgan fingerprint density at radius 3 is 1.61 bits per heavy atom. The molecule has 0 amide bonds. The minimum absolute atomic E-state index is 0.0302. The number of hydrogen-bond donors (Lipinski definition) is 0. The van der Waals surface area contributed by atoms with Crippen LogP contribution in [0.3, 0.4) is 0 Å². The summed E-state index contributed by atoms with van der Waals surface area (Å²) in [7, 11) is 0. The molecule has 342 valence electrons. The highest BCUT2D eigenvalue weighted by molar-refractivity contribution is 7.00. The van der Waals surface area contributed by atoms with Crippen molar-refractivity contribution in [3.63, 3.8) is 0 Å². The molecule has 2 aliphatic carbocycles. The maximum atomic E-state index is 7.70. The van der Waals surface area contributed by atoms with Crippen LogP contribution in [0.4, 0.5) is 34.1 Å². The molecule has 67 heavy (non-hydrogen) atoms. The van der Waals surface area contributed by atoms with Gasteiger partial charge in [-0.15, -0.1) is 0 Å². The first-order valence-electron chi connectivity index (χ1n) is 25.2. The largest absolute Gasteiger partial charge is 0.468 e. The van der Waals surface area contributed by atoms with E-state index in [9.17, 15) is 0 Å². The molecule has 6 aromatic carbocycles. The van der Waals surface area contributed by atoms with Crippen molar-refractivity contribution >= 4 is 68.4 Å². The van der Waals surface area contributed by atoms with E-state index in [1.807, 2.05) is 0 Å². The van der Waals surface area contributed by atoms with Crippen molar-refractivity contribution < 1.29 is 4.42 Å². The van der Waals surface area contributed by atoms with E-state index in [4.69, 9.17) is 4.42 Å². The van der Waals surface area contributed by atoms with E-state index in [0.29, 0.717) is 0 Å². The predicted octanol–water partition coefficient (Wildman–Crippen LogP) is 15.8. The first-order chi connectivity index (χ1) is 31.4. The Hall–Kier alpha value is -5.48. The van der Waals surface area contributed by atoms with Gasteiger partial charge in [-0.1, -0.05) is 152 Å². The molecule has 11 rings (SSSR count). The van der Waals surface area contributed by atoms with Gasteiger partial charge in [0.25, 0.3) is 6.71 Å². The van der Waals surface area contributed by atoms with Gasteiger partial charge in [-0.05, 0) is 175 Å². The summed E-state index contributed by atoms with van der Waals surface area (Å²) in [5.41, 5.74) is 24.3. The second-order valence-corrected chi connectivity index (χ2v) is 25.7. The van der Waals surface area contributed by atoms with E-state index in [1.165, 1.54) is 101 Å². The summed E-state index contributed by atoms with van der Waals surface area (Å²) in [4.78, 5) is 5.24. The molecule has 0 radical (unpaired) electrons. The first kappa shape index (κ1) is 44.1. The molecule has 0 fully saturated rings. The van der Waals surface area contributed by atoms with Gasteiger partial charge in [0, 0.05) is 33.7 Å². The van der Waals surface area contributed by atoms with E-state index >= 15 is 0 Å². The van der Waals surface area contributed by atoms with Crippen LogP contribution in [0, 0.1) is 6.92 Å². The Bertz CT molecular complexity index is 3160. The molecule has 4 aliphatic rings. The molecule has 0 unspecified atom stereocenters. The fourth-order valence-corrected chi connectivity index (χ4v) is 12.4. The van der Waals surface area contributed by atoms with Crippen molar-refractivity contribution in [2.24, 2.45) is 0 Å². The SMILES string of the molecule is Cc1cc2c3c(c1)N(c1ccc(C(C)(C)C)cc1-c1ccccc1)c1c(oc4cc5c(cc14)C(C)(C)CCC5(C)C)B3c1cc3c(cc1N2c1ccc(C(C)(C)C)cc1)C(C)(C)CCC3(C)C. The van der Waals surface area contributed by atoms with E-state index < -0.39 is 0 Å². The van der Waals surface area contributed by atoms with Crippen molar-refractivity contribution in [3.05, 3.63) is 148 Å². The monoisotopic (exact) mass is 883 g/mol. The third kappa shape index (κ3) is 6.73. The van der Waals surface area contributed by atoms with Crippen LogP contribution in [0.25, 0.3) is 22.1 Å². The molecule has 0 spiro atoms. The third-order valence-electron chi connectivity index (χ3n) is 16.9. The first-order valence-corrected chi connectivity index (χ1v) is 25.2. The number of nitrogens with zero attached hydrogens (tertiary/aromatic N) is 2. The summed E-state index contributed by atoms with van der Waals surface area (Å²) in [6.45, 7) is 35.7. The number of rotatable bonds is 3. The fraction of sp³-hybridized carbons (Fsp3) is 0.397. The van der Waals surface area contributed by atoms with Crippen molar-refractivity contribution in [2.75, 3.05) is 9.80 Å². The lowest BCUT2D eigenvalue weighted by atomic mass is 9.35. The van der Waals surface area contributed by atoms with Gasteiger partial charge in [0.2, 0.25) is 0 Å². The van der Waals surface area contributed by atoms with Gasteiger partial charge in [-0.2, -0.15) is 0 Å². The molecule has 4 heteroatoms. The van der Waals surface area contributed by atoms with Crippen LogP contribution >= 0.6 is 0 Å². The zero-order chi connectivity index (χ0) is 47.5. The summed E-state index contributed by atoms with van der Waals surface area (Å²) >= 11 is 0. The van der Waals surface area contributed by atoms with E-state index in [1.54, 1.807) is 0 Å². The zero-order valence-corrected chi connectivity index (χ0v) is 43.1.